The Morgan fingerprint density at radius 3 is 3.00 bits per heavy atom. The summed E-state index contributed by atoms with van der Waals surface area (Å²) in [4.78, 5) is 8.95. The minimum Gasteiger partial charge on any atom is -0.381 e. The fourth-order valence-electron chi connectivity index (χ4n) is 2.69. The maximum Gasteiger partial charge on any atom is 0.149 e. The summed E-state index contributed by atoms with van der Waals surface area (Å²) in [5.41, 5.74) is 2.69. The van der Waals surface area contributed by atoms with Crippen LogP contribution in [0.3, 0.4) is 0 Å². The van der Waals surface area contributed by atoms with Gasteiger partial charge in [-0.15, -0.1) is 0 Å². The van der Waals surface area contributed by atoms with Gasteiger partial charge in [-0.1, -0.05) is 12.1 Å². The Labute approximate surface area is 128 Å². The number of aromatic nitrogens is 4. The van der Waals surface area contributed by atoms with Gasteiger partial charge in [0.1, 0.15) is 5.82 Å². The van der Waals surface area contributed by atoms with Gasteiger partial charge < -0.3 is 10.1 Å². The molecule has 6 nitrogen and oxygen atoms in total. The fourth-order valence-corrected chi connectivity index (χ4v) is 2.69. The largest absolute Gasteiger partial charge is 0.381 e. The van der Waals surface area contributed by atoms with E-state index in [1.165, 1.54) is 0 Å². The number of nitrogens with zero attached hydrogens (tertiary/aromatic N) is 4. The van der Waals surface area contributed by atoms with Crippen LogP contribution >= 0.6 is 0 Å². The quantitative estimate of drug-likeness (QED) is 0.801. The zero-order valence-corrected chi connectivity index (χ0v) is 12.1. The van der Waals surface area contributed by atoms with E-state index in [9.17, 15) is 0 Å². The van der Waals surface area contributed by atoms with Gasteiger partial charge in [-0.3, -0.25) is 9.67 Å². The van der Waals surface area contributed by atoms with Gasteiger partial charge in [0.2, 0.25) is 0 Å². The molecular weight excluding hydrogens is 278 g/mol. The van der Waals surface area contributed by atoms with Gasteiger partial charge in [-0.25, -0.2) is 4.98 Å². The van der Waals surface area contributed by atoms with E-state index in [0.29, 0.717) is 5.92 Å². The SMILES string of the molecule is c1ccc2nc(Nc3cnn(CC4CCOC4)c3)cnc2c1. The summed E-state index contributed by atoms with van der Waals surface area (Å²) in [6.07, 6.45) is 6.66. The van der Waals surface area contributed by atoms with Crippen molar-refractivity contribution < 1.29 is 4.74 Å². The molecule has 4 rings (SSSR count). The van der Waals surface area contributed by atoms with Gasteiger partial charge in [0.15, 0.2) is 0 Å². The molecule has 112 valence electrons. The van der Waals surface area contributed by atoms with E-state index in [0.717, 1.165) is 48.7 Å². The van der Waals surface area contributed by atoms with Crippen LogP contribution in [0.4, 0.5) is 11.5 Å². The molecule has 1 N–H and O–H groups in total. The standard InChI is InChI=1S/C16H17N5O/c1-2-4-15-14(3-1)17-8-16(20-15)19-13-7-18-21(10-13)9-12-5-6-22-11-12/h1-4,7-8,10,12H,5-6,9,11H2,(H,19,20). The van der Waals surface area contributed by atoms with Crippen LogP contribution in [0, 0.1) is 5.92 Å². The maximum atomic E-state index is 5.40. The third kappa shape index (κ3) is 2.78. The second-order valence-corrected chi connectivity index (χ2v) is 5.55. The number of benzene rings is 1. The van der Waals surface area contributed by atoms with Gasteiger partial charge in [0.05, 0.1) is 35.7 Å². The summed E-state index contributed by atoms with van der Waals surface area (Å²) < 4.78 is 7.35. The van der Waals surface area contributed by atoms with E-state index in [1.807, 2.05) is 41.3 Å². The van der Waals surface area contributed by atoms with Crippen LogP contribution in [0.2, 0.25) is 0 Å². The predicted molar refractivity (Wildman–Crippen MR) is 84.0 cm³/mol. The molecule has 0 radical (unpaired) electrons. The van der Waals surface area contributed by atoms with Crippen LogP contribution in [0.1, 0.15) is 6.42 Å². The van der Waals surface area contributed by atoms with Crippen molar-refractivity contribution in [1.82, 2.24) is 19.7 Å². The molecule has 0 spiro atoms. The van der Waals surface area contributed by atoms with Crippen molar-refractivity contribution in [2.75, 3.05) is 18.5 Å². The Balaban J connectivity index is 1.48. The third-order valence-corrected chi connectivity index (χ3v) is 3.82. The lowest BCUT2D eigenvalue weighted by atomic mass is 10.1. The Morgan fingerprint density at radius 1 is 1.23 bits per heavy atom. The van der Waals surface area contributed by atoms with Crippen molar-refractivity contribution in [1.29, 1.82) is 0 Å². The Kier molecular flexibility index (Phi) is 3.44. The predicted octanol–water partition coefficient (Wildman–Crippen LogP) is 2.61. The number of nitrogens with one attached hydrogen (secondary N) is 1. The average molecular weight is 295 g/mol. The summed E-state index contributed by atoms with van der Waals surface area (Å²) in [5, 5.41) is 7.64. The number of ether oxygens (including phenoxy) is 1. The van der Waals surface area contributed by atoms with Crippen molar-refractivity contribution >= 4 is 22.5 Å². The summed E-state index contributed by atoms with van der Waals surface area (Å²) in [6, 6.07) is 7.83. The van der Waals surface area contributed by atoms with Crippen LogP contribution in [0.15, 0.2) is 42.9 Å². The number of anilines is 2. The van der Waals surface area contributed by atoms with Crippen molar-refractivity contribution in [3.63, 3.8) is 0 Å². The van der Waals surface area contributed by atoms with Gasteiger partial charge >= 0.3 is 0 Å². The first kappa shape index (κ1) is 13.2. The number of para-hydroxylation sites is 2. The zero-order chi connectivity index (χ0) is 14.8. The molecule has 1 unspecified atom stereocenters. The van der Waals surface area contributed by atoms with Crippen molar-refractivity contribution in [3.8, 4) is 0 Å². The molecule has 22 heavy (non-hydrogen) atoms. The van der Waals surface area contributed by atoms with E-state index >= 15 is 0 Å². The minimum atomic E-state index is 0.563. The zero-order valence-electron chi connectivity index (χ0n) is 12.1. The molecule has 0 amide bonds. The van der Waals surface area contributed by atoms with E-state index < -0.39 is 0 Å². The molecule has 0 saturated carbocycles. The first-order valence-corrected chi connectivity index (χ1v) is 7.46. The third-order valence-electron chi connectivity index (χ3n) is 3.82. The molecule has 1 aliphatic heterocycles. The van der Waals surface area contributed by atoms with E-state index in [4.69, 9.17) is 4.74 Å². The highest BCUT2D eigenvalue weighted by atomic mass is 16.5. The summed E-state index contributed by atoms with van der Waals surface area (Å²) >= 11 is 0. The number of hydrogen-bond donors (Lipinski definition) is 1. The van der Waals surface area contributed by atoms with E-state index in [2.05, 4.69) is 20.4 Å². The second kappa shape index (κ2) is 5.73. The molecular formula is C16H17N5O. The highest BCUT2D eigenvalue weighted by Gasteiger charge is 2.16. The molecule has 0 aliphatic carbocycles. The molecule has 1 fully saturated rings. The lowest BCUT2D eigenvalue weighted by Crippen LogP contribution is -2.10. The van der Waals surface area contributed by atoms with Crippen molar-refractivity contribution in [2.24, 2.45) is 5.92 Å². The number of hydrogen-bond acceptors (Lipinski definition) is 5. The second-order valence-electron chi connectivity index (χ2n) is 5.55. The van der Waals surface area contributed by atoms with Crippen molar-refractivity contribution in [3.05, 3.63) is 42.9 Å². The van der Waals surface area contributed by atoms with Crippen LogP contribution in [0.25, 0.3) is 11.0 Å². The first-order chi connectivity index (χ1) is 10.9. The fraction of sp³-hybridized carbons (Fsp3) is 0.312. The van der Waals surface area contributed by atoms with Gasteiger partial charge in [-0.05, 0) is 18.6 Å². The molecule has 0 bridgehead atoms. The van der Waals surface area contributed by atoms with Crippen LogP contribution < -0.4 is 5.32 Å². The molecule has 1 saturated heterocycles. The van der Waals surface area contributed by atoms with Crippen LogP contribution in [-0.4, -0.2) is 33.0 Å². The van der Waals surface area contributed by atoms with E-state index in [-0.39, 0.29) is 0 Å². The van der Waals surface area contributed by atoms with Gasteiger partial charge in [0, 0.05) is 25.3 Å². The maximum absolute atomic E-state index is 5.40. The van der Waals surface area contributed by atoms with Crippen molar-refractivity contribution in [2.45, 2.75) is 13.0 Å². The molecule has 1 aliphatic rings. The molecule has 1 aromatic carbocycles. The Morgan fingerprint density at radius 2 is 2.14 bits per heavy atom. The normalized spacial score (nSPS) is 17.9. The highest BCUT2D eigenvalue weighted by molar-refractivity contribution is 5.75. The Bertz CT molecular complexity index is 779. The summed E-state index contributed by atoms with van der Waals surface area (Å²) in [7, 11) is 0. The number of fused-ring (bicyclic) bond motifs is 1. The lowest BCUT2D eigenvalue weighted by Gasteiger charge is -2.07. The minimum absolute atomic E-state index is 0.563. The molecule has 3 heterocycles. The van der Waals surface area contributed by atoms with E-state index in [1.54, 1.807) is 6.20 Å². The molecule has 1 atom stereocenters. The first-order valence-electron chi connectivity index (χ1n) is 7.46. The molecule has 6 heteroatoms. The highest BCUT2D eigenvalue weighted by Crippen LogP contribution is 2.18. The summed E-state index contributed by atoms with van der Waals surface area (Å²) in [5.74, 6) is 1.29. The lowest BCUT2D eigenvalue weighted by molar-refractivity contribution is 0.181. The van der Waals surface area contributed by atoms with Gasteiger partial charge in [-0.2, -0.15) is 5.10 Å². The van der Waals surface area contributed by atoms with Crippen LogP contribution in [0.5, 0.6) is 0 Å². The summed E-state index contributed by atoms with van der Waals surface area (Å²) in [6.45, 7) is 2.59. The number of rotatable bonds is 4. The molecule has 2 aromatic heterocycles. The Hall–Kier alpha value is -2.47. The average Bonchev–Trinajstić information content (AvgIpc) is 3.20. The smallest absolute Gasteiger partial charge is 0.149 e. The van der Waals surface area contributed by atoms with Gasteiger partial charge in [0.25, 0.3) is 0 Å². The van der Waals surface area contributed by atoms with Crippen LogP contribution in [-0.2, 0) is 11.3 Å². The molecule has 3 aromatic rings. The monoisotopic (exact) mass is 295 g/mol. The topological polar surface area (TPSA) is 64.9 Å².